The molecule has 2 aromatic carbocycles. The molecule has 1 saturated heterocycles. The fourth-order valence-electron chi connectivity index (χ4n) is 2.58. The van der Waals surface area contributed by atoms with Crippen LogP contribution in [0.15, 0.2) is 48.5 Å². The average molecular weight is 347 g/mol. The van der Waals surface area contributed by atoms with Crippen LogP contribution in [-0.4, -0.2) is 36.2 Å². The first kappa shape index (κ1) is 16.8. The van der Waals surface area contributed by atoms with Crippen LogP contribution in [0.3, 0.4) is 0 Å². The number of ether oxygens (including phenoxy) is 1. The van der Waals surface area contributed by atoms with Gasteiger partial charge in [0.1, 0.15) is 12.4 Å². The lowest BCUT2D eigenvalue weighted by Gasteiger charge is -2.15. The van der Waals surface area contributed by atoms with Crippen LogP contribution in [0.2, 0.25) is 5.02 Å². The molecular formula is C18H19ClN2O3. The Kier molecular flexibility index (Phi) is 5.35. The molecule has 0 spiro atoms. The number of β-amino-alcohol motifs (C(OH)–C–C–N with tert-alkyl or cyclic N) is 1. The lowest BCUT2D eigenvalue weighted by molar-refractivity contribution is 0.0888. The van der Waals surface area contributed by atoms with E-state index in [1.807, 2.05) is 24.3 Å². The summed E-state index contributed by atoms with van der Waals surface area (Å²) >= 11 is 5.95. The number of hydrogen-bond donors (Lipinski definition) is 3. The summed E-state index contributed by atoms with van der Waals surface area (Å²) in [6, 6.07) is 14.1. The molecule has 3 rings (SSSR count). The van der Waals surface area contributed by atoms with Crippen LogP contribution < -0.4 is 15.4 Å². The van der Waals surface area contributed by atoms with Crippen molar-refractivity contribution in [1.29, 1.82) is 0 Å². The van der Waals surface area contributed by atoms with Crippen LogP contribution in [0.4, 0.5) is 0 Å². The summed E-state index contributed by atoms with van der Waals surface area (Å²) in [4.78, 5) is 12.3. The van der Waals surface area contributed by atoms with E-state index in [2.05, 4.69) is 10.6 Å². The molecule has 126 valence electrons. The van der Waals surface area contributed by atoms with E-state index >= 15 is 0 Å². The summed E-state index contributed by atoms with van der Waals surface area (Å²) in [6.45, 7) is 1.43. The molecule has 1 aliphatic heterocycles. The summed E-state index contributed by atoms with van der Waals surface area (Å²) in [5, 5.41) is 16.3. The van der Waals surface area contributed by atoms with Crippen LogP contribution in [-0.2, 0) is 6.61 Å². The molecule has 1 fully saturated rings. The second kappa shape index (κ2) is 7.66. The van der Waals surface area contributed by atoms with E-state index in [0.717, 1.165) is 5.56 Å². The SMILES string of the molecule is O=C(N[C@H]1CNC[C@H]1O)c1cccc(OCc2cccc(Cl)c2)c1. The lowest BCUT2D eigenvalue weighted by atomic mass is 10.1. The van der Waals surface area contributed by atoms with Gasteiger partial charge in [0.2, 0.25) is 0 Å². The van der Waals surface area contributed by atoms with Crippen LogP contribution in [0.25, 0.3) is 0 Å². The first-order chi connectivity index (χ1) is 11.6. The average Bonchev–Trinajstić information content (AvgIpc) is 2.98. The van der Waals surface area contributed by atoms with Gasteiger partial charge in [-0.05, 0) is 35.9 Å². The highest BCUT2D eigenvalue weighted by Gasteiger charge is 2.26. The van der Waals surface area contributed by atoms with Gasteiger partial charge in [0.25, 0.3) is 5.91 Å². The molecule has 6 heteroatoms. The van der Waals surface area contributed by atoms with Crippen molar-refractivity contribution >= 4 is 17.5 Å². The molecule has 2 atom stereocenters. The van der Waals surface area contributed by atoms with Crippen LogP contribution in [0.1, 0.15) is 15.9 Å². The maximum Gasteiger partial charge on any atom is 0.251 e. The predicted octanol–water partition coefficient (Wildman–Crippen LogP) is 1.98. The minimum absolute atomic E-state index is 0.226. The lowest BCUT2D eigenvalue weighted by Crippen LogP contribution is -2.42. The van der Waals surface area contributed by atoms with Crippen molar-refractivity contribution in [3.05, 3.63) is 64.7 Å². The largest absolute Gasteiger partial charge is 0.489 e. The van der Waals surface area contributed by atoms with Crippen molar-refractivity contribution in [2.45, 2.75) is 18.8 Å². The Morgan fingerprint density at radius 3 is 2.83 bits per heavy atom. The number of carbonyl (C=O) groups excluding carboxylic acids is 1. The summed E-state index contributed by atoms with van der Waals surface area (Å²) in [5.41, 5.74) is 1.45. The highest BCUT2D eigenvalue weighted by Crippen LogP contribution is 2.17. The van der Waals surface area contributed by atoms with Gasteiger partial charge in [-0.25, -0.2) is 0 Å². The number of amides is 1. The standard InChI is InChI=1S/C18H19ClN2O3/c19-14-5-1-3-12(7-14)11-24-15-6-2-4-13(8-15)18(23)21-16-9-20-10-17(16)22/h1-8,16-17,20,22H,9-11H2,(H,21,23)/t16-,17+/m0/s1. The molecule has 0 aliphatic carbocycles. The third kappa shape index (κ3) is 4.26. The highest BCUT2D eigenvalue weighted by atomic mass is 35.5. The van der Waals surface area contributed by atoms with Crippen molar-refractivity contribution in [3.63, 3.8) is 0 Å². The Bertz CT molecular complexity index is 723. The number of nitrogens with one attached hydrogen (secondary N) is 2. The first-order valence-corrected chi connectivity index (χ1v) is 8.16. The van der Waals surface area contributed by atoms with E-state index in [4.69, 9.17) is 16.3 Å². The van der Waals surface area contributed by atoms with Gasteiger partial charge in [-0.3, -0.25) is 4.79 Å². The second-order valence-corrected chi connectivity index (χ2v) is 6.19. The van der Waals surface area contributed by atoms with Crippen LogP contribution in [0.5, 0.6) is 5.75 Å². The van der Waals surface area contributed by atoms with Gasteiger partial charge < -0.3 is 20.5 Å². The molecular weight excluding hydrogens is 328 g/mol. The molecule has 0 radical (unpaired) electrons. The van der Waals surface area contributed by atoms with Crippen molar-refractivity contribution < 1.29 is 14.6 Å². The molecule has 0 aromatic heterocycles. The van der Waals surface area contributed by atoms with Gasteiger partial charge in [-0.1, -0.05) is 29.8 Å². The maximum absolute atomic E-state index is 12.3. The predicted molar refractivity (Wildman–Crippen MR) is 92.4 cm³/mol. The molecule has 0 unspecified atom stereocenters. The Balaban J connectivity index is 1.62. The monoisotopic (exact) mass is 346 g/mol. The number of aliphatic hydroxyl groups is 1. The van der Waals surface area contributed by atoms with Crippen molar-refractivity contribution in [3.8, 4) is 5.75 Å². The van der Waals surface area contributed by atoms with Gasteiger partial charge in [-0.15, -0.1) is 0 Å². The maximum atomic E-state index is 12.3. The molecule has 0 saturated carbocycles. The van der Waals surface area contributed by atoms with E-state index in [9.17, 15) is 9.90 Å². The molecule has 3 N–H and O–H groups in total. The summed E-state index contributed by atoms with van der Waals surface area (Å²) < 4.78 is 5.73. The zero-order chi connectivity index (χ0) is 16.9. The Hall–Kier alpha value is -2.08. The number of carbonyl (C=O) groups is 1. The molecule has 24 heavy (non-hydrogen) atoms. The first-order valence-electron chi connectivity index (χ1n) is 7.79. The van der Waals surface area contributed by atoms with Crippen LogP contribution in [0, 0.1) is 0 Å². The van der Waals surface area contributed by atoms with Gasteiger partial charge in [-0.2, -0.15) is 0 Å². The number of rotatable bonds is 5. The fraction of sp³-hybridized carbons (Fsp3) is 0.278. The fourth-order valence-corrected chi connectivity index (χ4v) is 2.80. The third-order valence-electron chi connectivity index (χ3n) is 3.89. The Morgan fingerprint density at radius 1 is 1.25 bits per heavy atom. The second-order valence-electron chi connectivity index (χ2n) is 5.75. The summed E-state index contributed by atoms with van der Waals surface area (Å²) in [6.07, 6.45) is -0.559. The van der Waals surface area contributed by atoms with E-state index in [1.165, 1.54) is 0 Å². The van der Waals surface area contributed by atoms with Crippen LogP contribution >= 0.6 is 11.6 Å². The van der Waals surface area contributed by atoms with Gasteiger partial charge in [0.05, 0.1) is 12.1 Å². The van der Waals surface area contributed by atoms with E-state index in [1.54, 1.807) is 24.3 Å². The molecule has 5 nitrogen and oxygen atoms in total. The van der Waals surface area contributed by atoms with Gasteiger partial charge in [0.15, 0.2) is 0 Å². The number of benzene rings is 2. The van der Waals surface area contributed by atoms with Crippen molar-refractivity contribution in [2.75, 3.05) is 13.1 Å². The van der Waals surface area contributed by atoms with Gasteiger partial charge >= 0.3 is 0 Å². The summed E-state index contributed by atoms with van der Waals surface area (Å²) in [7, 11) is 0. The van der Waals surface area contributed by atoms with Crippen molar-refractivity contribution in [2.24, 2.45) is 0 Å². The van der Waals surface area contributed by atoms with E-state index < -0.39 is 6.10 Å². The zero-order valence-corrected chi connectivity index (χ0v) is 13.8. The highest BCUT2D eigenvalue weighted by molar-refractivity contribution is 6.30. The minimum Gasteiger partial charge on any atom is -0.489 e. The third-order valence-corrected chi connectivity index (χ3v) is 4.12. The van der Waals surface area contributed by atoms with Crippen molar-refractivity contribution in [1.82, 2.24) is 10.6 Å². The number of hydrogen-bond acceptors (Lipinski definition) is 4. The normalized spacial score (nSPS) is 19.9. The topological polar surface area (TPSA) is 70.6 Å². The molecule has 0 bridgehead atoms. The molecule has 1 amide bonds. The van der Waals surface area contributed by atoms with Gasteiger partial charge in [0, 0.05) is 23.7 Å². The smallest absolute Gasteiger partial charge is 0.251 e. The Labute approximate surface area is 145 Å². The molecule has 1 heterocycles. The molecule has 1 aliphatic rings. The minimum atomic E-state index is -0.559. The Morgan fingerprint density at radius 2 is 2.08 bits per heavy atom. The molecule has 2 aromatic rings. The zero-order valence-electron chi connectivity index (χ0n) is 13.0. The van der Waals surface area contributed by atoms with E-state index in [0.29, 0.717) is 36.0 Å². The summed E-state index contributed by atoms with van der Waals surface area (Å²) in [5.74, 6) is 0.378. The van der Waals surface area contributed by atoms with E-state index in [-0.39, 0.29) is 11.9 Å². The number of aliphatic hydroxyl groups excluding tert-OH is 1. The quantitative estimate of drug-likeness (QED) is 0.774. The number of halogens is 1.